The lowest BCUT2D eigenvalue weighted by molar-refractivity contribution is -0.384. The number of benzene rings is 2. The Morgan fingerprint density at radius 3 is 2.46 bits per heavy atom. The van der Waals surface area contributed by atoms with Crippen molar-refractivity contribution < 1.29 is 32.4 Å². The number of ether oxygens (including phenoxy) is 2. The average molecular weight is 399 g/mol. The Morgan fingerprint density at radius 1 is 1.18 bits per heavy atom. The number of hydrogen-bond acceptors (Lipinski definition) is 6. The van der Waals surface area contributed by atoms with Gasteiger partial charge >= 0.3 is 6.18 Å². The zero-order chi connectivity index (χ0) is 20.9. The van der Waals surface area contributed by atoms with E-state index in [1.54, 1.807) is 6.92 Å². The molecule has 0 fully saturated rings. The van der Waals surface area contributed by atoms with Crippen molar-refractivity contribution in [1.82, 2.24) is 5.43 Å². The summed E-state index contributed by atoms with van der Waals surface area (Å²) >= 11 is 0. The van der Waals surface area contributed by atoms with Gasteiger partial charge in [0.15, 0.2) is 11.5 Å². The van der Waals surface area contributed by atoms with Crippen molar-refractivity contribution in [1.29, 1.82) is 0 Å². The minimum absolute atomic E-state index is 0.141. The number of nitrogens with zero attached hydrogens (tertiary/aromatic N) is 1. The molecule has 0 aromatic heterocycles. The molecule has 28 heavy (non-hydrogen) atoms. The fraction of sp³-hybridized carbons (Fsp3) is 0.235. The molecule has 0 saturated carbocycles. The molecule has 0 heterocycles. The summed E-state index contributed by atoms with van der Waals surface area (Å²) in [6.45, 7) is 2.17. The fourth-order valence-electron chi connectivity index (χ4n) is 2.24. The van der Waals surface area contributed by atoms with E-state index in [1.807, 2.05) is 0 Å². The van der Waals surface area contributed by atoms with Crippen LogP contribution in [-0.4, -0.2) is 24.5 Å². The molecule has 0 spiro atoms. The van der Waals surface area contributed by atoms with E-state index in [0.717, 1.165) is 6.07 Å². The number of nitro benzene ring substituents is 1. The summed E-state index contributed by atoms with van der Waals surface area (Å²) in [7, 11) is 1.39. The Bertz CT molecular complexity index is 887. The highest BCUT2D eigenvalue weighted by Crippen LogP contribution is 2.34. The van der Waals surface area contributed by atoms with Gasteiger partial charge in [-0.25, -0.2) is 0 Å². The van der Waals surface area contributed by atoms with E-state index in [0.29, 0.717) is 30.2 Å². The van der Waals surface area contributed by atoms with Gasteiger partial charge in [0.05, 0.1) is 24.2 Å². The van der Waals surface area contributed by atoms with E-state index in [-0.39, 0.29) is 11.3 Å². The molecule has 8 nitrogen and oxygen atoms in total. The topological polar surface area (TPSA) is 103 Å². The Morgan fingerprint density at radius 2 is 1.89 bits per heavy atom. The van der Waals surface area contributed by atoms with Crippen LogP contribution in [0.25, 0.3) is 0 Å². The quantitative estimate of drug-likeness (QED) is 0.543. The van der Waals surface area contributed by atoms with Gasteiger partial charge in [-0.1, -0.05) is 0 Å². The van der Waals surface area contributed by atoms with E-state index in [4.69, 9.17) is 9.47 Å². The maximum Gasteiger partial charge on any atom is 0.416 e. The molecule has 150 valence electrons. The zero-order valence-electron chi connectivity index (χ0n) is 14.8. The molecule has 0 radical (unpaired) electrons. The molecule has 0 aliphatic rings. The summed E-state index contributed by atoms with van der Waals surface area (Å²) in [5.41, 5.74) is 2.30. The van der Waals surface area contributed by atoms with Crippen LogP contribution in [0.4, 0.5) is 24.5 Å². The van der Waals surface area contributed by atoms with Crippen LogP contribution in [-0.2, 0) is 6.18 Å². The highest BCUT2D eigenvalue weighted by Gasteiger charge is 2.33. The maximum atomic E-state index is 12.7. The Hall–Kier alpha value is -3.50. The van der Waals surface area contributed by atoms with Crippen LogP contribution in [0.15, 0.2) is 36.4 Å². The van der Waals surface area contributed by atoms with Crippen molar-refractivity contribution in [3.63, 3.8) is 0 Å². The third kappa shape index (κ3) is 4.81. The summed E-state index contributed by atoms with van der Waals surface area (Å²) in [5, 5.41) is 11.1. The van der Waals surface area contributed by atoms with Crippen LogP contribution in [0.1, 0.15) is 22.8 Å². The second kappa shape index (κ2) is 8.46. The van der Waals surface area contributed by atoms with Gasteiger partial charge < -0.3 is 9.47 Å². The van der Waals surface area contributed by atoms with Gasteiger partial charge in [-0.15, -0.1) is 0 Å². The van der Waals surface area contributed by atoms with Crippen LogP contribution in [0.3, 0.4) is 0 Å². The highest BCUT2D eigenvalue weighted by atomic mass is 19.4. The fourth-order valence-corrected chi connectivity index (χ4v) is 2.24. The molecule has 0 bridgehead atoms. The molecule has 2 N–H and O–H groups in total. The van der Waals surface area contributed by atoms with Crippen molar-refractivity contribution in [2.45, 2.75) is 13.1 Å². The van der Waals surface area contributed by atoms with Crippen LogP contribution >= 0.6 is 0 Å². The number of rotatable bonds is 7. The van der Waals surface area contributed by atoms with E-state index in [1.165, 1.54) is 25.3 Å². The predicted octanol–water partition coefficient (Wildman–Crippen LogP) is 3.78. The lowest BCUT2D eigenvalue weighted by Crippen LogP contribution is -2.29. The van der Waals surface area contributed by atoms with E-state index in [2.05, 4.69) is 10.9 Å². The van der Waals surface area contributed by atoms with Gasteiger partial charge in [0, 0.05) is 11.6 Å². The number of carbonyl (C=O) groups excluding carboxylic acids is 1. The monoisotopic (exact) mass is 399 g/mol. The minimum Gasteiger partial charge on any atom is -0.493 e. The Kier molecular flexibility index (Phi) is 6.29. The predicted molar refractivity (Wildman–Crippen MR) is 93.4 cm³/mol. The molecule has 0 atom stereocenters. The van der Waals surface area contributed by atoms with Crippen molar-refractivity contribution in [3.05, 3.63) is 57.6 Å². The first-order valence-electron chi connectivity index (χ1n) is 7.90. The van der Waals surface area contributed by atoms with Gasteiger partial charge in [0.25, 0.3) is 11.6 Å². The van der Waals surface area contributed by atoms with Crippen LogP contribution in [0.2, 0.25) is 0 Å². The minimum atomic E-state index is -4.73. The second-order valence-corrected chi connectivity index (χ2v) is 5.36. The van der Waals surface area contributed by atoms with Crippen molar-refractivity contribution >= 4 is 17.3 Å². The second-order valence-electron chi connectivity index (χ2n) is 5.36. The number of anilines is 1. The molecule has 2 aromatic carbocycles. The largest absolute Gasteiger partial charge is 0.493 e. The lowest BCUT2D eigenvalue weighted by atomic mass is 10.1. The number of halogens is 3. The SMILES string of the molecule is CCOc1ccc(C(=O)NNc2ccc(C(F)(F)F)cc2[N+](=O)[O-])cc1OC. The molecular weight excluding hydrogens is 383 g/mol. The first kappa shape index (κ1) is 20.8. The number of amides is 1. The molecule has 2 aromatic rings. The van der Waals surface area contributed by atoms with E-state index in [9.17, 15) is 28.1 Å². The van der Waals surface area contributed by atoms with Gasteiger partial charge in [-0.3, -0.25) is 25.8 Å². The van der Waals surface area contributed by atoms with Gasteiger partial charge in [-0.2, -0.15) is 13.2 Å². The van der Waals surface area contributed by atoms with Crippen LogP contribution in [0.5, 0.6) is 11.5 Å². The smallest absolute Gasteiger partial charge is 0.416 e. The third-order valence-electron chi connectivity index (χ3n) is 3.56. The molecule has 1 amide bonds. The number of methoxy groups -OCH3 is 1. The van der Waals surface area contributed by atoms with Crippen molar-refractivity contribution in [3.8, 4) is 11.5 Å². The maximum absolute atomic E-state index is 12.7. The van der Waals surface area contributed by atoms with Gasteiger partial charge in [0.1, 0.15) is 5.69 Å². The van der Waals surface area contributed by atoms with Gasteiger partial charge in [0.2, 0.25) is 0 Å². The Labute approximate surface area is 157 Å². The summed E-state index contributed by atoms with van der Waals surface area (Å²) < 4.78 is 48.6. The first-order chi connectivity index (χ1) is 13.2. The van der Waals surface area contributed by atoms with Crippen LogP contribution < -0.4 is 20.3 Å². The normalized spacial score (nSPS) is 10.9. The molecule has 0 saturated heterocycles. The molecule has 0 unspecified atom stereocenters. The zero-order valence-corrected chi connectivity index (χ0v) is 14.8. The first-order valence-corrected chi connectivity index (χ1v) is 7.90. The number of nitrogens with one attached hydrogen (secondary N) is 2. The summed E-state index contributed by atoms with van der Waals surface area (Å²) in [6, 6.07) is 6.25. The third-order valence-corrected chi connectivity index (χ3v) is 3.56. The number of hydrogen-bond donors (Lipinski definition) is 2. The van der Waals surface area contributed by atoms with Gasteiger partial charge in [-0.05, 0) is 37.3 Å². The summed E-state index contributed by atoms with van der Waals surface area (Å²) in [6.07, 6.45) is -4.73. The number of nitro groups is 1. The number of hydrazine groups is 1. The van der Waals surface area contributed by atoms with Crippen LogP contribution in [0, 0.1) is 10.1 Å². The lowest BCUT2D eigenvalue weighted by Gasteiger charge is -2.13. The van der Waals surface area contributed by atoms with E-state index < -0.39 is 28.3 Å². The van der Waals surface area contributed by atoms with Crippen molar-refractivity contribution in [2.75, 3.05) is 19.1 Å². The molecule has 0 aliphatic heterocycles. The Balaban J connectivity index is 2.19. The molecule has 11 heteroatoms. The van der Waals surface area contributed by atoms with Crippen molar-refractivity contribution in [2.24, 2.45) is 0 Å². The molecule has 2 rings (SSSR count). The number of carbonyl (C=O) groups is 1. The molecular formula is C17H16F3N3O5. The molecule has 0 aliphatic carbocycles. The van der Waals surface area contributed by atoms with E-state index >= 15 is 0 Å². The standard InChI is InChI=1S/C17H16F3N3O5/c1-3-28-14-7-4-10(8-15(14)27-2)16(24)22-21-12-6-5-11(17(18,19)20)9-13(12)23(25)26/h4-9,21H,3H2,1-2H3,(H,22,24). The summed E-state index contributed by atoms with van der Waals surface area (Å²) in [5.74, 6) is 0.0402. The number of alkyl halides is 3. The average Bonchev–Trinajstić information content (AvgIpc) is 2.65. The highest BCUT2D eigenvalue weighted by molar-refractivity contribution is 5.95. The summed E-state index contributed by atoms with van der Waals surface area (Å²) in [4.78, 5) is 22.3.